The van der Waals surface area contributed by atoms with Crippen LogP contribution in [0, 0.1) is 6.92 Å². The zero-order chi connectivity index (χ0) is 16.0. The van der Waals surface area contributed by atoms with Crippen molar-refractivity contribution >= 4 is 34.3 Å². The Morgan fingerprint density at radius 3 is 3.00 bits per heavy atom. The van der Waals surface area contributed by atoms with Crippen molar-refractivity contribution in [3.05, 3.63) is 21.9 Å². The predicted octanol–water partition coefficient (Wildman–Crippen LogP) is 1.27. The molecule has 0 bridgehead atoms. The lowest BCUT2D eigenvalue weighted by Crippen LogP contribution is -2.19. The standard InChI is InChI=1S/C14H18N8S/c1-7-4-17-9(23-7)6-22-3-2-8(5-22)12-18-10-11(15)19-14(16)21-13(10)20-12/h4,8H,2-3,5-6H2,1H3,(H5,15,16,18,19,20,21). The molecule has 4 heterocycles. The summed E-state index contributed by atoms with van der Waals surface area (Å²) < 4.78 is 0. The van der Waals surface area contributed by atoms with E-state index in [0.717, 1.165) is 36.9 Å². The fourth-order valence-corrected chi connectivity index (χ4v) is 3.84. The maximum atomic E-state index is 5.88. The quantitative estimate of drug-likeness (QED) is 0.661. The van der Waals surface area contributed by atoms with Crippen LogP contribution in [0.5, 0.6) is 0 Å². The summed E-state index contributed by atoms with van der Waals surface area (Å²) in [4.78, 5) is 24.0. The van der Waals surface area contributed by atoms with Gasteiger partial charge in [-0.3, -0.25) is 4.90 Å². The number of anilines is 2. The number of H-pyrrole nitrogens is 1. The second-order valence-electron chi connectivity index (χ2n) is 5.87. The van der Waals surface area contributed by atoms with E-state index in [1.54, 1.807) is 11.3 Å². The number of nitrogens with two attached hydrogens (primary N) is 2. The average molecular weight is 330 g/mol. The van der Waals surface area contributed by atoms with Crippen molar-refractivity contribution in [1.82, 2.24) is 29.8 Å². The highest BCUT2D eigenvalue weighted by atomic mass is 32.1. The van der Waals surface area contributed by atoms with Crippen LogP contribution in [-0.4, -0.2) is 42.9 Å². The van der Waals surface area contributed by atoms with Gasteiger partial charge in [0.1, 0.15) is 16.3 Å². The minimum atomic E-state index is 0.153. The topological polar surface area (TPSA) is 123 Å². The molecule has 1 saturated heterocycles. The molecule has 0 spiro atoms. The van der Waals surface area contributed by atoms with Crippen LogP contribution in [-0.2, 0) is 6.54 Å². The van der Waals surface area contributed by atoms with Gasteiger partial charge in [-0.25, -0.2) is 9.97 Å². The number of fused-ring (bicyclic) bond motifs is 1. The van der Waals surface area contributed by atoms with Crippen LogP contribution in [0.2, 0.25) is 0 Å². The molecule has 1 unspecified atom stereocenters. The fourth-order valence-electron chi connectivity index (χ4n) is 3.01. The number of thiazole rings is 1. The van der Waals surface area contributed by atoms with Gasteiger partial charge in [-0.05, 0) is 19.9 Å². The summed E-state index contributed by atoms with van der Waals surface area (Å²) in [6, 6.07) is 0. The van der Waals surface area contributed by atoms with Gasteiger partial charge in [0, 0.05) is 23.5 Å². The van der Waals surface area contributed by atoms with E-state index in [0.29, 0.717) is 22.9 Å². The van der Waals surface area contributed by atoms with Crippen molar-refractivity contribution in [1.29, 1.82) is 0 Å². The molecule has 3 aromatic rings. The first kappa shape index (κ1) is 14.3. The largest absolute Gasteiger partial charge is 0.382 e. The van der Waals surface area contributed by atoms with Gasteiger partial charge < -0.3 is 16.5 Å². The second-order valence-corrected chi connectivity index (χ2v) is 7.19. The van der Waals surface area contributed by atoms with E-state index >= 15 is 0 Å². The number of likely N-dealkylation sites (tertiary alicyclic amines) is 1. The summed E-state index contributed by atoms with van der Waals surface area (Å²) in [6.07, 6.45) is 2.98. The van der Waals surface area contributed by atoms with Crippen LogP contribution in [0.25, 0.3) is 11.2 Å². The summed E-state index contributed by atoms with van der Waals surface area (Å²) in [5.74, 6) is 1.75. The Labute approximate surface area is 137 Å². The maximum absolute atomic E-state index is 5.88. The summed E-state index contributed by atoms with van der Waals surface area (Å²) in [6.45, 7) is 4.95. The number of imidazole rings is 1. The van der Waals surface area contributed by atoms with Gasteiger partial charge in [-0.2, -0.15) is 9.97 Å². The van der Waals surface area contributed by atoms with Gasteiger partial charge in [-0.1, -0.05) is 0 Å². The van der Waals surface area contributed by atoms with E-state index in [2.05, 4.69) is 36.7 Å². The van der Waals surface area contributed by atoms with E-state index < -0.39 is 0 Å². The van der Waals surface area contributed by atoms with Gasteiger partial charge in [0.2, 0.25) is 5.95 Å². The summed E-state index contributed by atoms with van der Waals surface area (Å²) in [7, 11) is 0. The summed E-state index contributed by atoms with van der Waals surface area (Å²) in [5.41, 5.74) is 12.7. The number of aryl methyl sites for hydroxylation is 1. The van der Waals surface area contributed by atoms with Crippen LogP contribution in [0.3, 0.4) is 0 Å². The van der Waals surface area contributed by atoms with E-state index in [4.69, 9.17) is 11.5 Å². The lowest BCUT2D eigenvalue weighted by molar-refractivity contribution is 0.325. The SMILES string of the molecule is Cc1cnc(CN2CCC(c3nc4nc(N)nc(N)c4[nH]3)C2)s1. The van der Waals surface area contributed by atoms with E-state index in [9.17, 15) is 0 Å². The van der Waals surface area contributed by atoms with Gasteiger partial charge in [0.25, 0.3) is 0 Å². The van der Waals surface area contributed by atoms with Crippen molar-refractivity contribution in [3.8, 4) is 0 Å². The number of hydrogen-bond acceptors (Lipinski definition) is 8. The first-order valence-electron chi connectivity index (χ1n) is 7.51. The molecule has 0 radical (unpaired) electrons. The molecule has 1 aliphatic heterocycles. The highest BCUT2D eigenvalue weighted by Gasteiger charge is 2.27. The van der Waals surface area contributed by atoms with Crippen molar-refractivity contribution in [2.75, 3.05) is 24.6 Å². The van der Waals surface area contributed by atoms with Crippen LogP contribution in [0.15, 0.2) is 6.20 Å². The molecule has 3 aromatic heterocycles. The minimum absolute atomic E-state index is 0.153. The third kappa shape index (κ3) is 2.73. The van der Waals surface area contributed by atoms with E-state index in [-0.39, 0.29) is 5.95 Å². The molecule has 1 aliphatic rings. The summed E-state index contributed by atoms with van der Waals surface area (Å²) >= 11 is 1.75. The molecule has 0 aromatic carbocycles. The first-order chi connectivity index (χ1) is 11.1. The number of aromatic amines is 1. The molecule has 1 fully saturated rings. The van der Waals surface area contributed by atoms with Crippen molar-refractivity contribution < 1.29 is 0 Å². The summed E-state index contributed by atoms with van der Waals surface area (Å²) in [5, 5.41) is 1.16. The van der Waals surface area contributed by atoms with Crippen molar-refractivity contribution in [3.63, 3.8) is 0 Å². The van der Waals surface area contributed by atoms with Gasteiger partial charge in [-0.15, -0.1) is 11.3 Å². The Hall–Kier alpha value is -2.26. The number of rotatable bonds is 3. The molecule has 23 heavy (non-hydrogen) atoms. The molecule has 0 saturated carbocycles. The van der Waals surface area contributed by atoms with Gasteiger partial charge >= 0.3 is 0 Å². The molecule has 120 valence electrons. The van der Waals surface area contributed by atoms with Gasteiger partial charge in [0.15, 0.2) is 11.5 Å². The van der Waals surface area contributed by atoms with Gasteiger partial charge in [0.05, 0.1) is 6.54 Å². The van der Waals surface area contributed by atoms with E-state index in [1.807, 2.05) is 6.20 Å². The lowest BCUT2D eigenvalue weighted by atomic mass is 10.1. The highest BCUT2D eigenvalue weighted by Crippen LogP contribution is 2.29. The average Bonchev–Trinajstić information content (AvgIpc) is 3.19. The van der Waals surface area contributed by atoms with Crippen LogP contribution >= 0.6 is 11.3 Å². The second kappa shape index (κ2) is 5.43. The predicted molar refractivity (Wildman–Crippen MR) is 90.0 cm³/mol. The Morgan fingerprint density at radius 2 is 2.22 bits per heavy atom. The molecular formula is C14H18N8S. The molecule has 0 amide bonds. The fraction of sp³-hybridized carbons (Fsp3) is 0.429. The Morgan fingerprint density at radius 1 is 1.35 bits per heavy atom. The third-order valence-corrected chi connectivity index (χ3v) is 5.00. The Bertz CT molecular complexity index is 854. The maximum Gasteiger partial charge on any atom is 0.224 e. The van der Waals surface area contributed by atoms with Crippen LogP contribution < -0.4 is 11.5 Å². The van der Waals surface area contributed by atoms with Crippen LogP contribution in [0.1, 0.15) is 28.0 Å². The number of hydrogen-bond donors (Lipinski definition) is 3. The smallest absolute Gasteiger partial charge is 0.224 e. The molecular weight excluding hydrogens is 312 g/mol. The molecule has 9 heteroatoms. The molecule has 1 atom stereocenters. The number of nitrogen functional groups attached to an aromatic ring is 2. The monoisotopic (exact) mass is 330 g/mol. The third-order valence-electron chi connectivity index (χ3n) is 4.10. The Balaban J connectivity index is 1.52. The van der Waals surface area contributed by atoms with Crippen molar-refractivity contribution in [2.45, 2.75) is 25.8 Å². The molecule has 5 N–H and O–H groups in total. The lowest BCUT2D eigenvalue weighted by Gasteiger charge is -2.13. The minimum Gasteiger partial charge on any atom is -0.382 e. The highest BCUT2D eigenvalue weighted by molar-refractivity contribution is 7.11. The molecule has 8 nitrogen and oxygen atoms in total. The Kier molecular flexibility index (Phi) is 3.38. The van der Waals surface area contributed by atoms with Crippen LogP contribution in [0.4, 0.5) is 11.8 Å². The number of nitrogens with one attached hydrogen (secondary N) is 1. The van der Waals surface area contributed by atoms with E-state index in [1.165, 1.54) is 4.88 Å². The van der Waals surface area contributed by atoms with Crippen molar-refractivity contribution in [2.24, 2.45) is 0 Å². The number of aromatic nitrogens is 5. The molecule has 4 rings (SSSR count). The molecule has 0 aliphatic carbocycles. The first-order valence-corrected chi connectivity index (χ1v) is 8.32. The zero-order valence-electron chi connectivity index (χ0n) is 12.8. The number of nitrogens with zero attached hydrogens (tertiary/aromatic N) is 5. The normalized spacial score (nSPS) is 18.9. The zero-order valence-corrected chi connectivity index (χ0v) is 13.6.